The van der Waals surface area contributed by atoms with Gasteiger partial charge in [0.2, 0.25) is 23.4 Å². The van der Waals surface area contributed by atoms with Gasteiger partial charge in [-0.2, -0.15) is 4.98 Å². The molecule has 2 rings (SSSR count). The zero-order valence-corrected chi connectivity index (χ0v) is 17.5. The molecule has 1 amide bonds. The van der Waals surface area contributed by atoms with Crippen molar-refractivity contribution in [3.63, 3.8) is 0 Å². The predicted molar refractivity (Wildman–Crippen MR) is 105 cm³/mol. The lowest BCUT2D eigenvalue weighted by Gasteiger charge is -2.19. The van der Waals surface area contributed by atoms with Gasteiger partial charge in [-0.25, -0.2) is 0 Å². The molecule has 154 valence electrons. The summed E-state index contributed by atoms with van der Waals surface area (Å²) in [7, 11) is 4.63. The maximum absolute atomic E-state index is 12.2. The van der Waals surface area contributed by atoms with Crippen molar-refractivity contribution >= 4 is 5.91 Å². The molecule has 8 nitrogen and oxygen atoms in total. The molecule has 2 aromatic rings. The van der Waals surface area contributed by atoms with Gasteiger partial charge in [-0.15, -0.1) is 0 Å². The van der Waals surface area contributed by atoms with E-state index in [1.54, 1.807) is 33.5 Å². The van der Waals surface area contributed by atoms with Crippen LogP contribution in [-0.4, -0.2) is 37.4 Å². The van der Waals surface area contributed by atoms with Gasteiger partial charge in [0, 0.05) is 12.0 Å². The van der Waals surface area contributed by atoms with Gasteiger partial charge in [0.25, 0.3) is 0 Å². The first-order valence-corrected chi connectivity index (χ1v) is 9.24. The van der Waals surface area contributed by atoms with Crippen LogP contribution in [0.4, 0.5) is 0 Å². The van der Waals surface area contributed by atoms with E-state index < -0.39 is 0 Å². The number of carbonyl (C=O) groups is 1. The number of nitrogens with zero attached hydrogens (tertiary/aromatic N) is 2. The molecule has 1 unspecified atom stereocenters. The van der Waals surface area contributed by atoms with Crippen molar-refractivity contribution < 1.29 is 23.5 Å². The van der Waals surface area contributed by atoms with Gasteiger partial charge in [-0.3, -0.25) is 4.79 Å². The summed E-state index contributed by atoms with van der Waals surface area (Å²) >= 11 is 0. The normalized spacial score (nSPS) is 12.2. The third-order valence-electron chi connectivity index (χ3n) is 4.21. The van der Waals surface area contributed by atoms with E-state index in [2.05, 4.69) is 15.5 Å². The third-order valence-corrected chi connectivity index (χ3v) is 4.21. The first-order valence-electron chi connectivity index (χ1n) is 9.24. The Hall–Kier alpha value is -2.77. The number of aromatic nitrogens is 2. The highest BCUT2D eigenvalue weighted by molar-refractivity contribution is 5.76. The summed E-state index contributed by atoms with van der Waals surface area (Å²) in [5.74, 6) is 2.52. The van der Waals surface area contributed by atoms with E-state index in [9.17, 15) is 4.79 Å². The number of hydrogen-bond donors (Lipinski definition) is 1. The van der Waals surface area contributed by atoms with Gasteiger partial charge in [-0.1, -0.05) is 32.9 Å². The van der Waals surface area contributed by atoms with Crippen LogP contribution in [0, 0.1) is 11.8 Å². The summed E-state index contributed by atoms with van der Waals surface area (Å²) in [6.45, 7) is 7.98. The van der Waals surface area contributed by atoms with Gasteiger partial charge >= 0.3 is 0 Å². The molecule has 8 heteroatoms. The van der Waals surface area contributed by atoms with Crippen molar-refractivity contribution in [1.82, 2.24) is 15.5 Å². The Morgan fingerprint density at radius 1 is 1.07 bits per heavy atom. The first-order chi connectivity index (χ1) is 13.3. The van der Waals surface area contributed by atoms with Crippen LogP contribution >= 0.6 is 0 Å². The van der Waals surface area contributed by atoms with Crippen molar-refractivity contribution in [3.8, 4) is 28.6 Å². The summed E-state index contributed by atoms with van der Waals surface area (Å²) in [6, 6.07) is 3.13. The zero-order chi connectivity index (χ0) is 20.8. The maximum Gasteiger partial charge on any atom is 0.249 e. The van der Waals surface area contributed by atoms with E-state index in [-0.39, 0.29) is 23.8 Å². The fraction of sp³-hybridized carbons (Fsp3) is 0.550. The van der Waals surface area contributed by atoms with Gasteiger partial charge in [0.15, 0.2) is 11.5 Å². The van der Waals surface area contributed by atoms with E-state index in [4.69, 9.17) is 18.7 Å². The molecule has 0 saturated carbocycles. The summed E-state index contributed by atoms with van der Waals surface area (Å²) in [5, 5.41) is 7.06. The Balaban J connectivity index is 2.34. The molecule has 0 spiro atoms. The van der Waals surface area contributed by atoms with E-state index >= 15 is 0 Å². The fourth-order valence-electron chi connectivity index (χ4n) is 2.81. The van der Waals surface area contributed by atoms with Crippen LogP contribution in [0.15, 0.2) is 16.7 Å². The largest absolute Gasteiger partial charge is 0.493 e. The number of carbonyl (C=O) groups excluding carboxylic acids is 1. The molecule has 1 N–H and O–H groups in total. The number of hydrogen-bond acceptors (Lipinski definition) is 7. The van der Waals surface area contributed by atoms with Crippen molar-refractivity contribution in [2.24, 2.45) is 11.8 Å². The van der Waals surface area contributed by atoms with Crippen LogP contribution in [0.2, 0.25) is 0 Å². The molecule has 0 aliphatic carbocycles. The van der Waals surface area contributed by atoms with Gasteiger partial charge < -0.3 is 24.1 Å². The monoisotopic (exact) mass is 391 g/mol. The molecule has 1 aromatic carbocycles. The van der Waals surface area contributed by atoms with Crippen molar-refractivity contribution in [3.05, 3.63) is 18.0 Å². The number of rotatable bonds is 9. The van der Waals surface area contributed by atoms with Gasteiger partial charge in [-0.05, 0) is 24.0 Å². The summed E-state index contributed by atoms with van der Waals surface area (Å²) in [6.07, 6.45) is 0.442. The molecule has 0 radical (unpaired) electrons. The molecular formula is C20H29N3O5. The Morgan fingerprint density at radius 3 is 2.14 bits per heavy atom. The van der Waals surface area contributed by atoms with Crippen LogP contribution < -0.4 is 19.5 Å². The first kappa shape index (κ1) is 21.5. The topological polar surface area (TPSA) is 95.7 Å². The Morgan fingerprint density at radius 2 is 1.68 bits per heavy atom. The highest BCUT2D eigenvalue weighted by Gasteiger charge is 2.26. The average molecular weight is 391 g/mol. The minimum atomic E-state index is -0.366. The highest BCUT2D eigenvalue weighted by Crippen LogP contribution is 2.40. The Kier molecular flexibility index (Phi) is 7.25. The summed E-state index contributed by atoms with van der Waals surface area (Å²) in [4.78, 5) is 16.7. The minimum absolute atomic E-state index is 0.0405. The van der Waals surface area contributed by atoms with E-state index in [1.165, 1.54) is 0 Å². The molecule has 0 aliphatic rings. The van der Waals surface area contributed by atoms with E-state index in [0.29, 0.717) is 40.9 Å². The van der Waals surface area contributed by atoms with Crippen molar-refractivity contribution in [2.45, 2.75) is 40.2 Å². The molecule has 0 bridgehead atoms. The standard InChI is InChI=1S/C20H29N3O5/c1-11(2)8-16(24)21-17(12(3)4)20-22-19(23-28-20)13-9-14(25-5)18(27-7)15(10-13)26-6/h9-12,17H,8H2,1-7H3,(H,21,24). The molecule has 0 saturated heterocycles. The average Bonchev–Trinajstić information content (AvgIpc) is 3.13. The third kappa shape index (κ3) is 4.94. The number of amides is 1. The van der Waals surface area contributed by atoms with E-state index in [1.807, 2.05) is 27.7 Å². The number of benzene rings is 1. The minimum Gasteiger partial charge on any atom is -0.493 e. The molecule has 0 fully saturated rings. The highest BCUT2D eigenvalue weighted by atomic mass is 16.5. The lowest BCUT2D eigenvalue weighted by atomic mass is 10.0. The van der Waals surface area contributed by atoms with Crippen molar-refractivity contribution in [1.29, 1.82) is 0 Å². The Labute approximate surface area is 165 Å². The number of methoxy groups -OCH3 is 3. The second-order valence-electron chi connectivity index (χ2n) is 7.26. The van der Waals surface area contributed by atoms with E-state index in [0.717, 1.165) is 0 Å². The molecule has 28 heavy (non-hydrogen) atoms. The lowest BCUT2D eigenvalue weighted by molar-refractivity contribution is -0.123. The molecule has 1 atom stereocenters. The second-order valence-corrected chi connectivity index (χ2v) is 7.26. The fourth-order valence-corrected chi connectivity index (χ4v) is 2.81. The smallest absolute Gasteiger partial charge is 0.249 e. The molecule has 0 aliphatic heterocycles. The molecular weight excluding hydrogens is 362 g/mol. The maximum atomic E-state index is 12.2. The zero-order valence-electron chi connectivity index (χ0n) is 17.5. The quantitative estimate of drug-likeness (QED) is 0.697. The SMILES string of the molecule is COc1cc(-c2noc(C(NC(=O)CC(C)C)C(C)C)n2)cc(OC)c1OC. The van der Waals surface area contributed by atoms with Crippen LogP contribution in [0.5, 0.6) is 17.2 Å². The number of nitrogens with one attached hydrogen (secondary N) is 1. The predicted octanol–water partition coefficient (Wildman–Crippen LogP) is 3.62. The van der Waals surface area contributed by atoms with Crippen LogP contribution in [-0.2, 0) is 4.79 Å². The molecule has 1 heterocycles. The van der Waals surface area contributed by atoms with Gasteiger partial charge in [0.1, 0.15) is 6.04 Å². The lowest BCUT2D eigenvalue weighted by Crippen LogP contribution is -2.32. The summed E-state index contributed by atoms with van der Waals surface area (Å²) < 4.78 is 21.6. The Bertz CT molecular complexity index is 776. The molecule has 1 aromatic heterocycles. The van der Waals surface area contributed by atoms with Gasteiger partial charge in [0.05, 0.1) is 21.3 Å². The summed E-state index contributed by atoms with van der Waals surface area (Å²) in [5.41, 5.74) is 0.653. The van der Waals surface area contributed by atoms with Crippen LogP contribution in [0.3, 0.4) is 0 Å². The second kappa shape index (κ2) is 9.43. The van der Waals surface area contributed by atoms with Crippen LogP contribution in [0.25, 0.3) is 11.4 Å². The van der Waals surface area contributed by atoms with Crippen molar-refractivity contribution in [2.75, 3.05) is 21.3 Å². The van der Waals surface area contributed by atoms with Crippen LogP contribution in [0.1, 0.15) is 46.0 Å². The number of ether oxygens (including phenoxy) is 3.